The smallest absolute Gasteiger partial charge is 0.303 e. The summed E-state index contributed by atoms with van der Waals surface area (Å²) in [6.45, 7) is 0. The van der Waals surface area contributed by atoms with Gasteiger partial charge < -0.3 is 5.11 Å². The summed E-state index contributed by atoms with van der Waals surface area (Å²) in [5.41, 5.74) is 0. The lowest BCUT2D eigenvalue weighted by Crippen LogP contribution is -1.93. The lowest BCUT2D eigenvalue weighted by Gasteiger charge is -2.05. The summed E-state index contributed by atoms with van der Waals surface area (Å²) < 4.78 is 1.34. The maximum Gasteiger partial charge on any atom is 0.303 e. The maximum atomic E-state index is 10.5. The molecule has 0 aliphatic heterocycles. The molecule has 0 aliphatic rings. The van der Waals surface area contributed by atoms with E-state index in [1.54, 1.807) is 0 Å². The Kier molecular flexibility index (Phi) is 38.4. The van der Waals surface area contributed by atoms with Crippen molar-refractivity contribution in [2.75, 3.05) is 4.43 Å². The quantitative estimate of drug-likeness (QED) is 0.0400. The highest BCUT2D eigenvalue weighted by Gasteiger charge is 1.98. The number of hydrogen-bond donors (Lipinski definition) is 1. The molecule has 0 aromatic carbocycles. The molecule has 246 valence electrons. The van der Waals surface area contributed by atoms with Gasteiger partial charge >= 0.3 is 5.97 Å². The van der Waals surface area contributed by atoms with Crippen LogP contribution in [0.15, 0.2) is 0 Å². The minimum absolute atomic E-state index is 0.347. The van der Waals surface area contributed by atoms with Crippen LogP contribution < -0.4 is 0 Å². The zero-order valence-corrected chi connectivity index (χ0v) is 30.1. The van der Waals surface area contributed by atoms with Gasteiger partial charge in [-0.2, -0.15) is 0 Å². The Morgan fingerprint density at radius 2 is 0.439 bits per heavy atom. The summed E-state index contributed by atoms with van der Waals surface area (Å²) in [6.07, 6.45) is 50.0. The molecule has 0 fully saturated rings. The Balaban J connectivity index is 3.03. The van der Waals surface area contributed by atoms with E-state index >= 15 is 0 Å². The molecule has 2 nitrogen and oxygen atoms in total. The van der Waals surface area contributed by atoms with Gasteiger partial charge in [-0.05, 0) is 17.3 Å². The number of carboxylic acids is 1. The zero-order chi connectivity index (χ0) is 29.7. The number of carboxylic acid groups (broad SMARTS) is 1. The summed E-state index contributed by atoms with van der Waals surface area (Å²) >= 11 is 2.50. The van der Waals surface area contributed by atoms with Crippen molar-refractivity contribution >= 4 is 28.6 Å². The molecule has 41 heavy (non-hydrogen) atoms. The number of aliphatic carboxylic acids is 1. The number of unbranched alkanes of at least 4 members (excludes halogenated alkanes) is 34. The molecule has 0 heterocycles. The van der Waals surface area contributed by atoms with Crippen molar-refractivity contribution in [1.82, 2.24) is 0 Å². The molecule has 0 saturated carbocycles. The zero-order valence-electron chi connectivity index (χ0n) is 27.9. The van der Waals surface area contributed by atoms with Gasteiger partial charge in [-0.25, -0.2) is 0 Å². The Morgan fingerprint density at radius 3 is 0.585 bits per heavy atom. The van der Waals surface area contributed by atoms with Gasteiger partial charge in [-0.3, -0.25) is 4.79 Å². The largest absolute Gasteiger partial charge is 0.481 e. The topological polar surface area (TPSA) is 37.3 Å². The Labute approximate surface area is 272 Å². The molecule has 0 bridgehead atoms. The highest BCUT2D eigenvalue weighted by molar-refractivity contribution is 14.1. The van der Waals surface area contributed by atoms with Gasteiger partial charge in [0.15, 0.2) is 0 Å². The molecule has 0 amide bonds. The molecular weight excluding hydrogens is 615 g/mol. The second kappa shape index (κ2) is 38.2. The lowest BCUT2D eigenvalue weighted by atomic mass is 10.0. The normalized spacial score (nSPS) is 11.4. The molecule has 0 aromatic heterocycles. The van der Waals surface area contributed by atoms with E-state index in [1.807, 2.05) is 0 Å². The lowest BCUT2D eigenvalue weighted by molar-refractivity contribution is -0.137. The third-order valence-electron chi connectivity index (χ3n) is 9.02. The van der Waals surface area contributed by atoms with Crippen LogP contribution in [0.4, 0.5) is 0 Å². The molecule has 0 unspecified atom stereocenters. The van der Waals surface area contributed by atoms with Crippen LogP contribution >= 0.6 is 22.6 Å². The first kappa shape index (κ1) is 41.2. The van der Waals surface area contributed by atoms with E-state index in [1.165, 1.54) is 216 Å². The predicted octanol–water partition coefficient (Wildman–Crippen LogP) is 14.5. The van der Waals surface area contributed by atoms with Crippen molar-refractivity contribution < 1.29 is 9.90 Å². The SMILES string of the molecule is O=C(O)CCCCCCCCCCCCCCCCCCCCCCCCCCCCCCCCCCCCCI. The predicted molar refractivity (Wildman–Crippen MR) is 193 cm³/mol. The third-order valence-corrected chi connectivity index (χ3v) is 9.79. The van der Waals surface area contributed by atoms with E-state index in [4.69, 9.17) is 5.11 Å². The molecule has 0 aliphatic carbocycles. The average Bonchev–Trinajstić information content (AvgIpc) is 2.97. The van der Waals surface area contributed by atoms with Crippen LogP contribution in [0, 0.1) is 0 Å². The fourth-order valence-electron chi connectivity index (χ4n) is 6.20. The second-order valence-electron chi connectivity index (χ2n) is 13.2. The number of hydrogen-bond acceptors (Lipinski definition) is 1. The molecular formula is C38H75IO2. The highest BCUT2D eigenvalue weighted by atomic mass is 127. The van der Waals surface area contributed by atoms with Crippen molar-refractivity contribution in [1.29, 1.82) is 0 Å². The first-order chi connectivity index (χ1) is 20.3. The molecule has 0 saturated heterocycles. The van der Waals surface area contributed by atoms with Gasteiger partial charge in [0.2, 0.25) is 0 Å². The van der Waals surface area contributed by atoms with Crippen molar-refractivity contribution in [3.05, 3.63) is 0 Å². The number of alkyl halides is 1. The summed E-state index contributed by atoms with van der Waals surface area (Å²) in [5, 5.41) is 8.64. The van der Waals surface area contributed by atoms with Crippen molar-refractivity contribution in [3.63, 3.8) is 0 Å². The standard InChI is InChI=1S/C38H75IO2/c39-37-35-33-31-29-27-25-23-21-19-17-15-13-11-9-7-5-3-1-2-4-6-8-10-12-14-16-18-20-22-24-26-28-30-32-34-36-38(40)41/h1-37H2,(H,40,41). The molecule has 0 aromatic rings. The van der Waals surface area contributed by atoms with E-state index in [0.717, 1.165) is 12.8 Å². The second-order valence-corrected chi connectivity index (χ2v) is 14.3. The van der Waals surface area contributed by atoms with E-state index in [0.29, 0.717) is 6.42 Å². The summed E-state index contributed by atoms with van der Waals surface area (Å²) in [5.74, 6) is -0.647. The first-order valence-electron chi connectivity index (χ1n) is 19.0. The summed E-state index contributed by atoms with van der Waals surface area (Å²) in [4.78, 5) is 10.5. The minimum atomic E-state index is -0.647. The third kappa shape index (κ3) is 40.2. The van der Waals surface area contributed by atoms with Crippen LogP contribution in [-0.4, -0.2) is 15.5 Å². The Bertz CT molecular complexity index is 481. The monoisotopic (exact) mass is 690 g/mol. The van der Waals surface area contributed by atoms with Crippen molar-refractivity contribution in [3.8, 4) is 0 Å². The molecule has 0 rings (SSSR count). The van der Waals surface area contributed by atoms with Gasteiger partial charge in [-0.1, -0.05) is 234 Å². The van der Waals surface area contributed by atoms with Crippen molar-refractivity contribution in [2.24, 2.45) is 0 Å². The maximum absolute atomic E-state index is 10.5. The van der Waals surface area contributed by atoms with Crippen LogP contribution in [0.25, 0.3) is 0 Å². The van der Waals surface area contributed by atoms with Gasteiger partial charge in [0, 0.05) is 6.42 Å². The number of carbonyl (C=O) groups is 1. The van der Waals surface area contributed by atoms with E-state index in [-0.39, 0.29) is 0 Å². The van der Waals surface area contributed by atoms with Gasteiger partial charge in [0.25, 0.3) is 0 Å². The number of halogens is 1. The van der Waals surface area contributed by atoms with Crippen LogP contribution in [0.5, 0.6) is 0 Å². The van der Waals surface area contributed by atoms with Gasteiger partial charge in [-0.15, -0.1) is 0 Å². The Hall–Kier alpha value is 0.200. The van der Waals surface area contributed by atoms with Crippen LogP contribution in [0.3, 0.4) is 0 Å². The van der Waals surface area contributed by atoms with Crippen molar-refractivity contribution in [2.45, 2.75) is 231 Å². The average molecular weight is 691 g/mol. The summed E-state index contributed by atoms with van der Waals surface area (Å²) in [7, 11) is 0. The van der Waals surface area contributed by atoms with E-state index in [2.05, 4.69) is 22.6 Å². The van der Waals surface area contributed by atoms with Gasteiger partial charge in [0.1, 0.15) is 0 Å². The van der Waals surface area contributed by atoms with Gasteiger partial charge in [0.05, 0.1) is 0 Å². The van der Waals surface area contributed by atoms with Crippen LogP contribution in [-0.2, 0) is 4.79 Å². The highest BCUT2D eigenvalue weighted by Crippen LogP contribution is 2.17. The molecule has 1 N–H and O–H groups in total. The fourth-order valence-corrected chi connectivity index (χ4v) is 6.74. The molecule has 3 heteroatoms. The first-order valence-corrected chi connectivity index (χ1v) is 20.6. The molecule has 0 spiro atoms. The summed E-state index contributed by atoms with van der Waals surface area (Å²) in [6, 6.07) is 0. The molecule has 0 atom stereocenters. The molecule has 0 radical (unpaired) electrons. The Morgan fingerprint density at radius 1 is 0.293 bits per heavy atom. The van der Waals surface area contributed by atoms with Crippen LogP contribution in [0.1, 0.15) is 231 Å². The fraction of sp³-hybridized carbons (Fsp3) is 0.974. The van der Waals surface area contributed by atoms with E-state index in [9.17, 15) is 4.79 Å². The van der Waals surface area contributed by atoms with E-state index < -0.39 is 5.97 Å². The number of rotatable bonds is 37. The minimum Gasteiger partial charge on any atom is -0.481 e. The van der Waals surface area contributed by atoms with Crippen LogP contribution in [0.2, 0.25) is 0 Å².